The van der Waals surface area contributed by atoms with Crippen LogP contribution in [0.25, 0.3) is 0 Å². The molecule has 0 aliphatic heterocycles. The van der Waals surface area contributed by atoms with E-state index in [1.54, 1.807) is 0 Å². The van der Waals surface area contributed by atoms with Crippen LogP contribution in [-0.4, -0.2) is 22.4 Å². The summed E-state index contributed by atoms with van der Waals surface area (Å²) in [6, 6.07) is 0.569. The molecule has 0 aromatic carbocycles. The predicted octanol–water partition coefficient (Wildman–Crippen LogP) is 2.45. The van der Waals surface area contributed by atoms with Crippen LogP contribution in [0.5, 0.6) is 0 Å². The monoisotopic (exact) mass is 274 g/mol. The Balaban J connectivity index is 1.51. The third kappa shape index (κ3) is 2.09. The highest BCUT2D eigenvalue weighted by molar-refractivity contribution is 5.31. The van der Waals surface area contributed by atoms with E-state index >= 15 is 0 Å². The maximum Gasteiger partial charge on any atom is 0.318 e. The fraction of sp³-hybridized carbons (Fsp3) is 0.643. The van der Waals surface area contributed by atoms with Crippen LogP contribution in [0.3, 0.4) is 0 Å². The zero-order valence-electron chi connectivity index (χ0n) is 11.6. The molecule has 2 aliphatic carbocycles. The average molecular weight is 274 g/mol. The summed E-state index contributed by atoms with van der Waals surface area (Å²) in [7, 11) is 1.95. The Morgan fingerprint density at radius 1 is 1.20 bits per heavy atom. The predicted molar refractivity (Wildman–Crippen MR) is 71.5 cm³/mol. The maximum absolute atomic E-state index is 5.71. The minimum absolute atomic E-state index is 0.490. The molecule has 1 saturated carbocycles. The molecule has 0 amide bonds. The Kier molecular flexibility index (Phi) is 2.75. The van der Waals surface area contributed by atoms with Crippen molar-refractivity contribution in [1.82, 2.24) is 15.4 Å². The Morgan fingerprint density at radius 2 is 2.05 bits per heavy atom. The van der Waals surface area contributed by atoms with Gasteiger partial charge in [0.05, 0.1) is 6.54 Å². The van der Waals surface area contributed by atoms with Crippen molar-refractivity contribution in [3.8, 4) is 0 Å². The van der Waals surface area contributed by atoms with Crippen LogP contribution in [0.2, 0.25) is 0 Å². The Hall–Kier alpha value is -1.85. The number of aromatic nitrogens is 3. The van der Waals surface area contributed by atoms with E-state index in [-0.39, 0.29) is 0 Å². The Bertz CT molecular complexity index is 614. The van der Waals surface area contributed by atoms with Gasteiger partial charge in [0.25, 0.3) is 0 Å². The molecule has 2 aromatic heterocycles. The van der Waals surface area contributed by atoms with E-state index in [1.165, 1.54) is 31.2 Å². The van der Waals surface area contributed by atoms with Crippen molar-refractivity contribution in [3.05, 3.63) is 22.9 Å². The lowest BCUT2D eigenvalue weighted by Gasteiger charge is -2.14. The van der Waals surface area contributed by atoms with Crippen molar-refractivity contribution in [2.45, 2.75) is 51.0 Å². The van der Waals surface area contributed by atoms with Gasteiger partial charge in [0.2, 0.25) is 5.89 Å². The standard InChI is InChI=1S/C14H18N4O2/c1-18(14-16-15-13(19-14)9-6-7-9)8-11-10-4-2-3-5-12(10)20-17-11/h9H,2-8H2,1H3. The van der Waals surface area contributed by atoms with Gasteiger partial charge in [-0.2, -0.15) is 0 Å². The van der Waals surface area contributed by atoms with E-state index in [4.69, 9.17) is 8.94 Å². The normalized spacial score (nSPS) is 18.1. The van der Waals surface area contributed by atoms with Crippen LogP contribution in [0.15, 0.2) is 8.94 Å². The van der Waals surface area contributed by atoms with Crippen LogP contribution in [0.4, 0.5) is 6.01 Å². The summed E-state index contributed by atoms with van der Waals surface area (Å²) in [5.41, 5.74) is 2.29. The largest absolute Gasteiger partial charge is 0.408 e. The molecule has 6 nitrogen and oxygen atoms in total. The number of rotatable bonds is 4. The summed E-state index contributed by atoms with van der Waals surface area (Å²) in [6.07, 6.45) is 6.84. The SMILES string of the molecule is CN(Cc1noc2c1CCCC2)c1nnc(C2CC2)o1. The van der Waals surface area contributed by atoms with E-state index in [2.05, 4.69) is 15.4 Å². The van der Waals surface area contributed by atoms with Gasteiger partial charge in [-0.1, -0.05) is 10.3 Å². The maximum atomic E-state index is 5.71. The molecule has 0 N–H and O–H groups in total. The topological polar surface area (TPSA) is 68.2 Å². The highest BCUT2D eigenvalue weighted by atomic mass is 16.5. The van der Waals surface area contributed by atoms with E-state index in [0.717, 1.165) is 30.2 Å². The summed E-state index contributed by atoms with van der Waals surface area (Å²) < 4.78 is 11.1. The molecular formula is C14H18N4O2. The van der Waals surface area contributed by atoms with Gasteiger partial charge in [-0.3, -0.25) is 0 Å². The molecular weight excluding hydrogens is 256 g/mol. The molecule has 20 heavy (non-hydrogen) atoms. The van der Waals surface area contributed by atoms with Gasteiger partial charge in [-0.05, 0) is 32.1 Å². The average Bonchev–Trinajstić information content (AvgIpc) is 3.06. The van der Waals surface area contributed by atoms with Crippen LogP contribution < -0.4 is 4.90 Å². The van der Waals surface area contributed by atoms with Gasteiger partial charge >= 0.3 is 6.01 Å². The molecule has 0 radical (unpaired) electrons. The van der Waals surface area contributed by atoms with Crippen LogP contribution in [-0.2, 0) is 19.4 Å². The minimum atomic E-state index is 0.490. The first-order valence-corrected chi connectivity index (χ1v) is 7.32. The van der Waals surface area contributed by atoms with Crippen molar-refractivity contribution < 1.29 is 8.94 Å². The van der Waals surface area contributed by atoms with E-state index in [1.807, 2.05) is 11.9 Å². The number of nitrogens with zero attached hydrogens (tertiary/aromatic N) is 4. The fourth-order valence-electron chi connectivity index (χ4n) is 2.74. The Morgan fingerprint density at radius 3 is 2.90 bits per heavy atom. The van der Waals surface area contributed by atoms with Crippen LogP contribution >= 0.6 is 0 Å². The molecule has 0 unspecified atom stereocenters. The quantitative estimate of drug-likeness (QED) is 0.853. The summed E-state index contributed by atoms with van der Waals surface area (Å²) in [6.45, 7) is 0.658. The number of aryl methyl sites for hydroxylation is 1. The third-order valence-electron chi connectivity index (χ3n) is 4.10. The molecule has 0 atom stereocenters. The van der Waals surface area contributed by atoms with Gasteiger partial charge in [0.1, 0.15) is 11.5 Å². The molecule has 2 aliphatic rings. The zero-order chi connectivity index (χ0) is 13.5. The van der Waals surface area contributed by atoms with Crippen LogP contribution in [0.1, 0.15) is 54.5 Å². The first-order chi connectivity index (χ1) is 9.81. The van der Waals surface area contributed by atoms with E-state index in [9.17, 15) is 0 Å². The van der Waals surface area contributed by atoms with Crippen molar-refractivity contribution in [1.29, 1.82) is 0 Å². The highest BCUT2D eigenvalue weighted by Crippen LogP contribution is 2.39. The molecule has 2 heterocycles. The minimum Gasteiger partial charge on any atom is -0.408 e. The van der Waals surface area contributed by atoms with Gasteiger partial charge in [0.15, 0.2) is 0 Å². The van der Waals surface area contributed by atoms with E-state index < -0.39 is 0 Å². The molecule has 106 valence electrons. The van der Waals surface area contributed by atoms with Crippen molar-refractivity contribution >= 4 is 6.01 Å². The summed E-state index contributed by atoms with van der Waals surface area (Å²) >= 11 is 0. The molecule has 1 fully saturated rings. The van der Waals surface area contributed by atoms with Crippen molar-refractivity contribution in [2.24, 2.45) is 0 Å². The smallest absolute Gasteiger partial charge is 0.318 e. The zero-order valence-corrected chi connectivity index (χ0v) is 11.6. The Labute approximate surface area is 117 Å². The number of fused-ring (bicyclic) bond motifs is 1. The number of hydrogen-bond donors (Lipinski definition) is 0. The van der Waals surface area contributed by atoms with Gasteiger partial charge < -0.3 is 13.8 Å². The lowest BCUT2D eigenvalue weighted by atomic mass is 9.96. The molecule has 0 spiro atoms. The number of hydrogen-bond acceptors (Lipinski definition) is 6. The summed E-state index contributed by atoms with van der Waals surface area (Å²) in [5, 5.41) is 12.4. The molecule has 0 saturated heterocycles. The molecule has 6 heteroatoms. The highest BCUT2D eigenvalue weighted by Gasteiger charge is 2.30. The number of anilines is 1. The second-order valence-corrected chi connectivity index (χ2v) is 5.79. The first-order valence-electron chi connectivity index (χ1n) is 7.32. The van der Waals surface area contributed by atoms with Crippen LogP contribution in [0, 0.1) is 0 Å². The summed E-state index contributed by atoms with van der Waals surface area (Å²) in [4.78, 5) is 1.95. The first kappa shape index (κ1) is 11.9. The lowest BCUT2D eigenvalue weighted by molar-refractivity contribution is 0.367. The second kappa shape index (κ2) is 4.61. The fourth-order valence-corrected chi connectivity index (χ4v) is 2.74. The van der Waals surface area contributed by atoms with Gasteiger partial charge in [-0.25, -0.2) is 0 Å². The molecule has 2 aromatic rings. The molecule has 4 rings (SSSR count). The third-order valence-corrected chi connectivity index (χ3v) is 4.10. The van der Waals surface area contributed by atoms with Crippen molar-refractivity contribution in [2.75, 3.05) is 11.9 Å². The second-order valence-electron chi connectivity index (χ2n) is 5.79. The van der Waals surface area contributed by atoms with Crippen molar-refractivity contribution in [3.63, 3.8) is 0 Å². The van der Waals surface area contributed by atoms with Gasteiger partial charge in [0, 0.05) is 24.9 Å². The van der Waals surface area contributed by atoms with E-state index in [0.29, 0.717) is 18.5 Å². The molecule has 0 bridgehead atoms. The lowest BCUT2D eigenvalue weighted by Crippen LogP contribution is -2.18. The van der Waals surface area contributed by atoms with Gasteiger partial charge in [-0.15, -0.1) is 5.10 Å². The summed E-state index contributed by atoms with van der Waals surface area (Å²) in [5.74, 6) is 2.32.